The maximum atomic E-state index is 13.5. The summed E-state index contributed by atoms with van der Waals surface area (Å²) in [5.74, 6) is -0.164. The summed E-state index contributed by atoms with van der Waals surface area (Å²) in [7, 11) is -2.23. The van der Waals surface area contributed by atoms with Crippen LogP contribution in [0.3, 0.4) is 0 Å². The summed E-state index contributed by atoms with van der Waals surface area (Å²) in [5, 5.41) is 1.49. The molecular formula is C29H21FN4O4S. The van der Waals surface area contributed by atoms with Crippen LogP contribution in [-0.4, -0.2) is 43.0 Å². The number of H-pyrrole nitrogens is 1. The van der Waals surface area contributed by atoms with Crippen LogP contribution in [-0.2, 0) is 10.0 Å². The van der Waals surface area contributed by atoms with Crippen LogP contribution in [0.4, 0.5) is 10.1 Å². The third kappa shape index (κ3) is 4.34. The number of nitrogens with zero attached hydrogens (tertiary/aromatic N) is 3. The van der Waals surface area contributed by atoms with E-state index in [4.69, 9.17) is 4.42 Å². The molecule has 0 fully saturated rings. The van der Waals surface area contributed by atoms with E-state index in [1.54, 1.807) is 18.2 Å². The first-order valence-electron chi connectivity index (χ1n) is 11.9. The number of rotatable bonds is 6. The van der Waals surface area contributed by atoms with Gasteiger partial charge in [0.05, 0.1) is 34.6 Å². The Labute approximate surface area is 222 Å². The zero-order valence-corrected chi connectivity index (χ0v) is 21.7. The number of hydrogen-bond donors (Lipinski definition) is 1. The Morgan fingerprint density at radius 1 is 0.974 bits per heavy atom. The van der Waals surface area contributed by atoms with Crippen molar-refractivity contribution in [3.63, 3.8) is 0 Å². The Kier molecular flexibility index (Phi) is 5.76. The molecule has 0 spiro atoms. The molecule has 0 radical (unpaired) electrons. The molecule has 0 saturated heterocycles. The molecule has 6 rings (SSSR count). The molecule has 1 N–H and O–H groups in total. The summed E-state index contributed by atoms with van der Waals surface area (Å²) in [6.07, 6.45) is 3.18. The summed E-state index contributed by atoms with van der Waals surface area (Å²) in [5.41, 5.74) is 4.63. The molecule has 10 heteroatoms. The van der Waals surface area contributed by atoms with Gasteiger partial charge >= 0.3 is 0 Å². The smallest absolute Gasteiger partial charge is 0.232 e. The topological polar surface area (TPSA) is 109 Å². The van der Waals surface area contributed by atoms with E-state index in [-0.39, 0.29) is 11.3 Å². The van der Waals surface area contributed by atoms with E-state index in [0.717, 1.165) is 27.2 Å². The maximum absolute atomic E-state index is 13.5. The van der Waals surface area contributed by atoms with Crippen LogP contribution in [0.5, 0.6) is 0 Å². The summed E-state index contributed by atoms with van der Waals surface area (Å²) < 4.78 is 45.9. The Bertz CT molecular complexity index is 1960. The first kappa shape index (κ1) is 24.5. The molecule has 194 valence electrons. The van der Waals surface area contributed by atoms with Crippen molar-refractivity contribution in [2.45, 2.75) is 0 Å². The highest BCUT2D eigenvalue weighted by atomic mass is 32.2. The van der Waals surface area contributed by atoms with Gasteiger partial charge < -0.3 is 9.40 Å². The van der Waals surface area contributed by atoms with E-state index < -0.39 is 15.8 Å². The van der Waals surface area contributed by atoms with Crippen LogP contribution in [0, 0.1) is 5.82 Å². The van der Waals surface area contributed by atoms with Gasteiger partial charge in [0, 0.05) is 40.5 Å². The molecule has 3 aromatic carbocycles. The van der Waals surface area contributed by atoms with Crippen LogP contribution in [0.2, 0.25) is 0 Å². The van der Waals surface area contributed by atoms with Gasteiger partial charge in [0.15, 0.2) is 6.29 Å². The lowest BCUT2D eigenvalue weighted by Gasteiger charge is -2.20. The molecule has 0 aliphatic heterocycles. The van der Waals surface area contributed by atoms with Crippen LogP contribution in [0.1, 0.15) is 10.4 Å². The highest BCUT2D eigenvalue weighted by Crippen LogP contribution is 2.40. The number of aromatic nitrogens is 3. The minimum atomic E-state index is -3.67. The predicted octanol–water partition coefficient (Wildman–Crippen LogP) is 6.05. The quantitative estimate of drug-likeness (QED) is 0.258. The highest BCUT2D eigenvalue weighted by molar-refractivity contribution is 7.92. The maximum Gasteiger partial charge on any atom is 0.232 e. The van der Waals surface area contributed by atoms with Gasteiger partial charge in [0.2, 0.25) is 10.0 Å². The van der Waals surface area contributed by atoms with Crippen LogP contribution in [0.25, 0.3) is 55.8 Å². The second-order valence-electron chi connectivity index (χ2n) is 9.12. The van der Waals surface area contributed by atoms with E-state index in [0.29, 0.717) is 45.5 Å². The fraction of sp³-hybridized carbons (Fsp3) is 0.0690. The van der Waals surface area contributed by atoms with Gasteiger partial charge in [-0.3, -0.25) is 9.10 Å². The molecule has 0 aliphatic rings. The number of benzene rings is 3. The van der Waals surface area contributed by atoms with Crippen molar-refractivity contribution in [2.24, 2.45) is 0 Å². The van der Waals surface area contributed by atoms with Crippen molar-refractivity contribution in [1.82, 2.24) is 15.0 Å². The summed E-state index contributed by atoms with van der Waals surface area (Å²) >= 11 is 0. The number of aldehydes is 1. The van der Waals surface area contributed by atoms with E-state index in [2.05, 4.69) is 15.0 Å². The molecule has 8 nitrogen and oxygen atoms in total. The second-order valence-corrected chi connectivity index (χ2v) is 11.1. The minimum Gasteiger partial charge on any atom is -0.455 e. The molecule has 0 saturated carbocycles. The molecule has 39 heavy (non-hydrogen) atoms. The van der Waals surface area contributed by atoms with Crippen molar-refractivity contribution in [3.05, 3.63) is 90.5 Å². The van der Waals surface area contributed by atoms with E-state index in [1.165, 1.54) is 37.6 Å². The van der Waals surface area contributed by atoms with Crippen molar-refractivity contribution in [2.75, 3.05) is 17.6 Å². The van der Waals surface area contributed by atoms with E-state index in [9.17, 15) is 17.6 Å². The van der Waals surface area contributed by atoms with Crippen molar-refractivity contribution < 1.29 is 22.0 Å². The Hall–Kier alpha value is -4.83. The molecule has 6 aromatic rings. The molecule has 0 aliphatic carbocycles. The standard InChI is InChI=1S/C29H21FN4O4S/c1-34(39(2,36)37)27-14-28-20(22(15-35)29(38-28)17-7-9-19(30)10-8-17)12-21(27)24-13-25(32-16-31-24)26-11-18-5-3-4-6-23(18)33-26/h3-16,33H,1-2H3. The van der Waals surface area contributed by atoms with Gasteiger partial charge in [0.1, 0.15) is 23.5 Å². The first-order valence-corrected chi connectivity index (χ1v) is 13.7. The lowest BCUT2D eigenvalue weighted by molar-refractivity contribution is 0.112. The fourth-order valence-electron chi connectivity index (χ4n) is 4.59. The largest absolute Gasteiger partial charge is 0.455 e. The van der Waals surface area contributed by atoms with Crippen molar-refractivity contribution in [1.29, 1.82) is 0 Å². The number of fused-ring (bicyclic) bond motifs is 2. The minimum absolute atomic E-state index is 0.256. The fourth-order valence-corrected chi connectivity index (χ4v) is 5.10. The third-order valence-corrected chi connectivity index (χ3v) is 7.85. The average Bonchev–Trinajstić information content (AvgIpc) is 3.53. The molecule has 0 unspecified atom stereocenters. The highest BCUT2D eigenvalue weighted by Gasteiger charge is 2.24. The number of carbonyl (C=O) groups excluding carboxylic acids is 1. The second kappa shape index (κ2) is 9.17. The van der Waals surface area contributed by atoms with Gasteiger partial charge in [0.25, 0.3) is 0 Å². The number of carbonyl (C=O) groups is 1. The van der Waals surface area contributed by atoms with Crippen LogP contribution in [0.15, 0.2) is 83.5 Å². The molecule has 3 aromatic heterocycles. The number of para-hydroxylation sites is 1. The molecule has 3 heterocycles. The zero-order valence-electron chi connectivity index (χ0n) is 20.8. The SMILES string of the molecule is CN(c1cc2oc(-c3ccc(F)cc3)c(C=O)c2cc1-c1cc(-c2cc3ccccc3[nH]2)ncn1)S(C)(=O)=O. The number of hydrogen-bond acceptors (Lipinski definition) is 6. The number of sulfonamides is 1. The molecule has 0 atom stereocenters. The summed E-state index contributed by atoms with van der Waals surface area (Å²) in [4.78, 5) is 24.4. The molecule has 0 bridgehead atoms. The van der Waals surface area contributed by atoms with Gasteiger partial charge in [-0.05, 0) is 48.5 Å². The molecule has 0 amide bonds. The summed E-state index contributed by atoms with van der Waals surface area (Å²) in [6.45, 7) is 0. The number of anilines is 1. The van der Waals surface area contributed by atoms with Crippen LogP contribution >= 0.6 is 0 Å². The Balaban J connectivity index is 1.58. The first-order chi connectivity index (χ1) is 18.7. The lowest BCUT2D eigenvalue weighted by Crippen LogP contribution is -2.25. The van der Waals surface area contributed by atoms with Gasteiger partial charge in [-0.25, -0.2) is 22.8 Å². The molecular weight excluding hydrogens is 519 g/mol. The van der Waals surface area contributed by atoms with Crippen LogP contribution < -0.4 is 4.31 Å². The number of halogens is 1. The average molecular weight is 541 g/mol. The predicted molar refractivity (Wildman–Crippen MR) is 149 cm³/mol. The summed E-state index contributed by atoms with van der Waals surface area (Å²) in [6, 6.07) is 20.4. The van der Waals surface area contributed by atoms with Gasteiger partial charge in [-0.15, -0.1) is 0 Å². The third-order valence-electron chi connectivity index (χ3n) is 6.65. The number of nitrogens with one attached hydrogen (secondary N) is 1. The monoisotopic (exact) mass is 540 g/mol. The van der Waals surface area contributed by atoms with Crippen molar-refractivity contribution >= 4 is 43.9 Å². The van der Waals surface area contributed by atoms with Gasteiger partial charge in [-0.2, -0.15) is 0 Å². The van der Waals surface area contributed by atoms with E-state index in [1.807, 2.05) is 30.3 Å². The van der Waals surface area contributed by atoms with Crippen molar-refractivity contribution in [3.8, 4) is 34.0 Å². The lowest BCUT2D eigenvalue weighted by atomic mass is 10.0. The normalized spacial score (nSPS) is 11.8. The number of aromatic amines is 1. The Morgan fingerprint density at radius 3 is 2.44 bits per heavy atom. The van der Waals surface area contributed by atoms with E-state index >= 15 is 0 Å². The Morgan fingerprint density at radius 2 is 1.72 bits per heavy atom. The zero-order chi connectivity index (χ0) is 27.3. The number of furan rings is 1. The van der Waals surface area contributed by atoms with Gasteiger partial charge in [-0.1, -0.05) is 18.2 Å².